The van der Waals surface area contributed by atoms with Crippen molar-refractivity contribution in [2.45, 2.75) is 65.3 Å². The highest BCUT2D eigenvalue weighted by atomic mass is 15.2. The molecule has 0 spiro atoms. The largest absolute Gasteiger partial charge is 0.338 e. The molecule has 59 heavy (non-hydrogen) atoms. The van der Waals surface area contributed by atoms with Gasteiger partial charge in [0.05, 0.1) is 0 Å². The quantitative estimate of drug-likeness (QED) is 0.113. The van der Waals surface area contributed by atoms with E-state index in [4.69, 9.17) is 0 Å². The van der Waals surface area contributed by atoms with Crippen molar-refractivity contribution in [1.82, 2.24) is 0 Å². The van der Waals surface area contributed by atoms with Gasteiger partial charge < -0.3 is 14.7 Å². The lowest BCUT2D eigenvalue weighted by atomic mass is 9.33. The van der Waals surface area contributed by atoms with Gasteiger partial charge in [-0.25, -0.2) is 0 Å². The van der Waals surface area contributed by atoms with Crippen LogP contribution in [0.3, 0.4) is 0 Å². The van der Waals surface area contributed by atoms with Gasteiger partial charge in [-0.15, -0.1) is 0 Å². The summed E-state index contributed by atoms with van der Waals surface area (Å²) in [6.07, 6.45) is 18.2. The number of nitrogens with zero attached hydrogens (tertiary/aromatic N) is 3. The molecule has 288 valence electrons. The first-order chi connectivity index (χ1) is 29.1. The van der Waals surface area contributed by atoms with Crippen molar-refractivity contribution >= 4 is 74.1 Å². The molecule has 6 aromatic carbocycles. The van der Waals surface area contributed by atoms with Crippen molar-refractivity contribution in [3.05, 3.63) is 192 Å². The summed E-state index contributed by atoms with van der Waals surface area (Å²) in [6.45, 7) is 6.87. The molecule has 3 nitrogen and oxygen atoms in total. The van der Waals surface area contributed by atoms with Crippen molar-refractivity contribution in [2.75, 3.05) is 14.7 Å². The molecule has 2 unspecified atom stereocenters. The first kappa shape index (κ1) is 35.9. The van der Waals surface area contributed by atoms with Crippen molar-refractivity contribution in [1.29, 1.82) is 0 Å². The Morgan fingerprint density at radius 3 is 2.32 bits per heavy atom. The number of hydrogen-bond acceptors (Lipinski definition) is 3. The molecule has 0 amide bonds. The molecule has 0 saturated carbocycles. The Labute approximate surface area is 350 Å². The molecule has 5 aliphatic rings. The highest BCUT2D eigenvalue weighted by Crippen LogP contribution is 2.50. The number of anilines is 7. The van der Waals surface area contributed by atoms with Crippen LogP contribution in [0.25, 0.3) is 11.1 Å². The van der Waals surface area contributed by atoms with Crippen LogP contribution >= 0.6 is 0 Å². The third kappa shape index (κ3) is 5.79. The minimum Gasteiger partial charge on any atom is -0.338 e. The van der Waals surface area contributed by atoms with E-state index in [1.165, 1.54) is 108 Å². The van der Waals surface area contributed by atoms with E-state index < -0.39 is 0 Å². The highest BCUT2D eigenvalue weighted by Gasteiger charge is 2.48. The third-order valence-electron chi connectivity index (χ3n) is 13.6. The van der Waals surface area contributed by atoms with E-state index in [1.807, 2.05) is 0 Å². The molecule has 0 bridgehead atoms. The number of benzene rings is 6. The normalized spacial score (nSPS) is 18.6. The van der Waals surface area contributed by atoms with Crippen molar-refractivity contribution in [2.24, 2.45) is 5.92 Å². The van der Waals surface area contributed by atoms with Gasteiger partial charge in [0, 0.05) is 51.6 Å². The summed E-state index contributed by atoms with van der Waals surface area (Å²) in [5.74, 6) is 0.364. The maximum atomic E-state index is 2.78. The van der Waals surface area contributed by atoms with Gasteiger partial charge in [0.15, 0.2) is 0 Å². The lowest BCUT2D eigenvalue weighted by Gasteiger charge is -2.44. The summed E-state index contributed by atoms with van der Waals surface area (Å²) in [4.78, 5) is 7.87. The van der Waals surface area contributed by atoms with Crippen LogP contribution in [-0.4, -0.2) is 12.8 Å². The van der Waals surface area contributed by atoms with E-state index in [-0.39, 0.29) is 6.71 Å². The van der Waals surface area contributed by atoms with Crippen LogP contribution in [0.5, 0.6) is 0 Å². The number of fused-ring (bicyclic) bond motifs is 3. The monoisotopic (exact) mass is 763 g/mol. The number of hydrogen-bond donors (Lipinski definition) is 0. The van der Waals surface area contributed by atoms with Gasteiger partial charge in [-0.05, 0) is 150 Å². The maximum Gasteiger partial charge on any atom is 0.252 e. The van der Waals surface area contributed by atoms with Crippen LogP contribution in [0, 0.1) is 5.92 Å². The van der Waals surface area contributed by atoms with Gasteiger partial charge >= 0.3 is 0 Å². The molecule has 0 N–H and O–H groups in total. The van der Waals surface area contributed by atoms with Gasteiger partial charge in [0.1, 0.15) is 0 Å². The number of aryl methyl sites for hydroxylation is 1. The smallest absolute Gasteiger partial charge is 0.252 e. The maximum absolute atomic E-state index is 2.78. The van der Waals surface area contributed by atoms with Crippen LogP contribution in [0.1, 0.15) is 68.7 Å². The van der Waals surface area contributed by atoms with Crippen molar-refractivity contribution in [3.8, 4) is 0 Å². The lowest BCUT2D eigenvalue weighted by Crippen LogP contribution is -2.62. The molecule has 1 aliphatic carbocycles. The molecule has 2 atom stereocenters. The zero-order valence-corrected chi connectivity index (χ0v) is 34.4. The zero-order valence-electron chi connectivity index (χ0n) is 34.4. The summed E-state index contributed by atoms with van der Waals surface area (Å²) in [7, 11) is 0. The Kier molecular flexibility index (Phi) is 8.84. The van der Waals surface area contributed by atoms with Crippen molar-refractivity contribution in [3.63, 3.8) is 0 Å². The SMILES string of the molecule is C/C=C(\C=C/CC)c1ccc(N(C2=CC=C(c3ccccc3)C(C)C2)c2ccc3c(c2)N(c2ccccc2)c2ccc4c5c2B3c2cccc3c2N5C(CCC3)C4)cc1. The Bertz CT molecular complexity index is 2720. The summed E-state index contributed by atoms with van der Waals surface area (Å²) < 4.78 is 0. The van der Waals surface area contributed by atoms with Crippen LogP contribution in [0.4, 0.5) is 39.8 Å². The molecule has 0 fully saturated rings. The highest BCUT2D eigenvalue weighted by molar-refractivity contribution is 7.00. The number of rotatable bonds is 8. The van der Waals surface area contributed by atoms with Crippen LogP contribution < -0.4 is 31.1 Å². The van der Waals surface area contributed by atoms with Gasteiger partial charge in [0.2, 0.25) is 0 Å². The van der Waals surface area contributed by atoms with Gasteiger partial charge in [-0.3, -0.25) is 0 Å². The van der Waals surface area contributed by atoms with Crippen LogP contribution in [0.2, 0.25) is 0 Å². The van der Waals surface area contributed by atoms with E-state index in [2.05, 4.69) is 199 Å². The topological polar surface area (TPSA) is 9.72 Å². The summed E-state index contributed by atoms with van der Waals surface area (Å²) in [5, 5.41) is 0. The number of para-hydroxylation sites is 2. The molecule has 4 heteroatoms. The molecular weight excluding hydrogens is 713 g/mol. The van der Waals surface area contributed by atoms with Gasteiger partial charge in [-0.1, -0.05) is 129 Å². The summed E-state index contributed by atoms with van der Waals surface area (Å²) in [6, 6.07) is 51.1. The van der Waals surface area contributed by atoms with Crippen LogP contribution in [-0.2, 0) is 12.8 Å². The molecule has 0 saturated heterocycles. The fourth-order valence-corrected chi connectivity index (χ4v) is 11.0. The summed E-state index contributed by atoms with van der Waals surface area (Å²) >= 11 is 0. The second kappa shape index (κ2) is 14.5. The van der Waals surface area contributed by atoms with Gasteiger partial charge in [0.25, 0.3) is 6.71 Å². The molecule has 0 aromatic heterocycles. The molecule has 6 aromatic rings. The minimum absolute atomic E-state index is 0.167. The number of allylic oxidation sites excluding steroid dienone is 8. The fourth-order valence-electron chi connectivity index (χ4n) is 11.0. The first-order valence-corrected chi connectivity index (χ1v) is 21.9. The lowest BCUT2D eigenvalue weighted by molar-refractivity contribution is 0.610. The van der Waals surface area contributed by atoms with E-state index >= 15 is 0 Å². The Hall–Kier alpha value is -6.26. The third-order valence-corrected chi connectivity index (χ3v) is 13.6. The van der Waals surface area contributed by atoms with E-state index in [9.17, 15) is 0 Å². The molecule has 4 aliphatic heterocycles. The second-order valence-electron chi connectivity index (χ2n) is 17.0. The zero-order chi connectivity index (χ0) is 39.6. The molecule has 11 rings (SSSR count). The molecule has 0 radical (unpaired) electrons. The standard InChI is InChI=1S/C55H50BN3/c1-4-6-15-38(5-2)39-24-27-44(28-25-39)57(46-29-31-48(37(3)34-46)40-16-9-7-10-17-40)47-30-32-49-52(36-47)58(43-20-11-8-12-21-43)51-33-26-42-35-45-22-13-18-41-19-14-23-50-54(41)59(45)55(42)53(51)56(49)50/h5-12,14-17,19-21,23-33,36-37,45H,4,13,18,22,34-35H2,1-3H3/b15-6-,38-5+. The summed E-state index contributed by atoms with van der Waals surface area (Å²) in [5.41, 5.74) is 22.9. The van der Waals surface area contributed by atoms with E-state index in [1.54, 1.807) is 0 Å². The Morgan fingerprint density at radius 1 is 0.746 bits per heavy atom. The Balaban J connectivity index is 1.11. The van der Waals surface area contributed by atoms with Crippen molar-refractivity contribution < 1.29 is 0 Å². The fraction of sp³-hybridized carbons (Fsp3) is 0.200. The first-order valence-electron chi connectivity index (χ1n) is 21.9. The Morgan fingerprint density at radius 2 is 1.54 bits per heavy atom. The second-order valence-corrected chi connectivity index (χ2v) is 17.0. The molecular formula is C55H50BN3. The minimum atomic E-state index is 0.167. The predicted molar refractivity (Wildman–Crippen MR) is 253 cm³/mol. The predicted octanol–water partition coefficient (Wildman–Crippen LogP) is 12.2. The molecule has 4 heterocycles. The van der Waals surface area contributed by atoms with Gasteiger partial charge in [-0.2, -0.15) is 0 Å². The average molecular weight is 764 g/mol. The van der Waals surface area contributed by atoms with E-state index in [0.29, 0.717) is 12.0 Å². The average Bonchev–Trinajstić information content (AvgIpc) is 3.55. The van der Waals surface area contributed by atoms with E-state index in [0.717, 1.165) is 25.7 Å². The van der Waals surface area contributed by atoms with Crippen LogP contribution in [0.15, 0.2) is 170 Å².